The topological polar surface area (TPSA) is 61.9 Å². The van der Waals surface area contributed by atoms with Crippen LogP contribution in [0.3, 0.4) is 0 Å². The molecule has 1 N–H and O–H groups in total. The van der Waals surface area contributed by atoms with Gasteiger partial charge in [0.1, 0.15) is 5.54 Å². The fourth-order valence-electron chi connectivity index (χ4n) is 2.75. The Morgan fingerprint density at radius 1 is 1.23 bits per heavy atom. The average molecular weight is 368 g/mol. The number of rotatable bonds is 3. The molecule has 6 nitrogen and oxygen atoms in total. The summed E-state index contributed by atoms with van der Waals surface area (Å²) in [6.45, 7) is 4.77. The minimum atomic E-state index is -1.01. The number of urea groups is 1. The summed E-state index contributed by atoms with van der Waals surface area (Å²) in [4.78, 5) is 28.3. The van der Waals surface area contributed by atoms with Crippen LogP contribution in [0.5, 0.6) is 0 Å². The molecule has 2 saturated heterocycles. The Morgan fingerprint density at radius 3 is 2.50 bits per heavy atom. The van der Waals surface area contributed by atoms with Crippen LogP contribution in [0.2, 0.25) is 0 Å². The number of morpholine rings is 1. The smallest absolute Gasteiger partial charge is 0.326 e. The molecule has 0 spiro atoms. The molecule has 7 heteroatoms. The van der Waals surface area contributed by atoms with Gasteiger partial charge in [-0.3, -0.25) is 9.69 Å². The van der Waals surface area contributed by atoms with E-state index in [4.69, 9.17) is 4.74 Å². The van der Waals surface area contributed by atoms with Crippen molar-refractivity contribution in [2.24, 2.45) is 0 Å². The molecular formula is C15H18BrN3O3. The second kappa shape index (κ2) is 5.98. The highest BCUT2D eigenvalue weighted by molar-refractivity contribution is 9.10. The monoisotopic (exact) mass is 367 g/mol. The normalized spacial score (nSPS) is 26.4. The predicted molar refractivity (Wildman–Crippen MR) is 84.1 cm³/mol. The van der Waals surface area contributed by atoms with Crippen LogP contribution in [0.15, 0.2) is 28.7 Å². The van der Waals surface area contributed by atoms with Crippen LogP contribution in [0.1, 0.15) is 12.5 Å². The largest absolute Gasteiger partial charge is 0.379 e. The Kier molecular flexibility index (Phi) is 4.20. The maximum absolute atomic E-state index is 12.8. The SMILES string of the molecule is CC1(c2ccc(Br)cc2)NC(=O)N(CN2CCOCC2)C1=O. The third-order valence-electron chi connectivity index (χ3n) is 4.14. The van der Waals surface area contributed by atoms with Gasteiger partial charge in [-0.2, -0.15) is 0 Å². The fraction of sp³-hybridized carbons (Fsp3) is 0.467. The fourth-order valence-corrected chi connectivity index (χ4v) is 3.01. The molecule has 22 heavy (non-hydrogen) atoms. The summed E-state index contributed by atoms with van der Waals surface area (Å²) in [5.41, 5.74) is -0.233. The van der Waals surface area contributed by atoms with Crippen LogP contribution >= 0.6 is 15.9 Å². The number of hydrogen-bond acceptors (Lipinski definition) is 4. The molecule has 1 aromatic rings. The van der Waals surface area contributed by atoms with E-state index in [2.05, 4.69) is 21.2 Å². The Bertz CT molecular complexity index is 586. The Balaban J connectivity index is 1.79. The zero-order valence-corrected chi connectivity index (χ0v) is 13.9. The van der Waals surface area contributed by atoms with Crippen molar-refractivity contribution in [1.29, 1.82) is 0 Å². The van der Waals surface area contributed by atoms with E-state index >= 15 is 0 Å². The summed E-state index contributed by atoms with van der Waals surface area (Å²) < 4.78 is 6.22. The number of ether oxygens (including phenoxy) is 1. The summed E-state index contributed by atoms with van der Waals surface area (Å²) in [7, 11) is 0. The zero-order valence-electron chi connectivity index (χ0n) is 12.3. The number of carbonyl (C=O) groups is 2. The van der Waals surface area contributed by atoms with Crippen LogP contribution in [0.25, 0.3) is 0 Å². The highest BCUT2D eigenvalue weighted by Gasteiger charge is 2.49. The van der Waals surface area contributed by atoms with Gasteiger partial charge in [0.15, 0.2) is 0 Å². The van der Waals surface area contributed by atoms with E-state index in [1.165, 1.54) is 4.90 Å². The third-order valence-corrected chi connectivity index (χ3v) is 4.67. The van der Waals surface area contributed by atoms with Crippen LogP contribution in [-0.2, 0) is 15.1 Å². The van der Waals surface area contributed by atoms with Crippen molar-refractivity contribution < 1.29 is 14.3 Å². The summed E-state index contributed by atoms with van der Waals surface area (Å²) in [5.74, 6) is -0.216. The van der Waals surface area contributed by atoms with Gasteiger partial charge in [-0.1, -0.05) is 28.1 Å². The third kappa shape index (κ3) is 2.76. The number of carbonyl (C=O) groups excluding carboxylic acids is 2. The molecule has 2 fully saturated rings. The first-order chi connectivity index (χ1) is 10.5. The Labute approximate surface area is 137 Å². The van der Waals surface area contributed by atoms with E-state index in [9.17, 15) is 9.59 Å². The van der Waals surface area contributed by atoms with Crippen LogP contribution < -0.4 is 5.32 Å². The van der Waals surface area contributed by atoms with Crippen LogP contribution in [0.4, 0.5) is 4.79 Å². The molecule has 2 aliphatic heterocycles. The molecule has 2 aliphatic rings. The van der Waals surface area contributed by atoms with Crippen LogP contribution in [0, 0.1) is 0 Å². The minimum Gasteiger partial charge on any atom is -0.379 e. The molecule has 118 valence electrons. The molecule has 3 amide bonds. The van der Waals surface area contributed by atoms with Gasteiger partial charge in [0.05, 0.1) is 19.9 Å². The molecule has 0 aromatic heterocycles. The Morgan fingerprint density at radius 2 is 1.86 bits per heavy atom. The Hall–Kier alpha value is -1.44. The molecule has 0 radical (unpaired) electrons. The maximum Gasteiger partial charge on any atom is 0.326 e. The van der Waals surface area contributed by atoms with Crippen molar-refractivity contribution in [3.63, 3.8) is 0 Å². The van der Waals surface area contributed by atoms with E-state index in [0.717, 1.165) is 23.1 Å². The van der Waals surface area contributed by atoms with E-state index in [-0.39, 0.29) is 11.9 Å². The second-order valence-electron chi connectivity index (χ2n) is 5.67. The number of amides is 3. The van der Waals surface area contributed by atoms with Gasteiger partial charge in [0.25, 0.3) is 5.91 Å². The van der Waals surface area contributed by atoms with Crippen molar-refractivity contribution in [2.45, 2.75) is 12.5 Å². The van der Waals surface area contributed by atoms with E-state index < -0.39 is 5.54 Å². The number of nitrogens with zero attached hydrogens (tertiary/aromatic N) is 2. The van der Waals surface area contributed by atoms with Gasteiger partial charge in [-0.15, -0.1) is 0 Å². The van der Waals surface area contributed by atoms with Gasteiger partial charge in [-0.05, 0) is 24.6 Å². The molecule has 0 saturated carbocycles. The van der Waals surface area contributed by atoms with Gasteiger partial charge in [-0.25, -0.2) is 9.69 Å². The molecule has 1 aromatic carbocycles. The van der Waals surface area contributed by atoms with Crippen molar-refractivity contribution in [1.82, 2.24) is 15.1 Å². The van der Waals surface area contributed by atoms with Gasteiger partial charge in [0, 0.05) is 17.6 Å². The summed E-state index contributed by atoms with van der Waals surface area (Å²) in [6, 6.07) is 7.08. The highest BCUT2D eigenvalue weighted by atomic mass is 79.9. The average Bonchev–Trinajstić information content (AvgIpc) is 2.73. The lowest BCUT2D eigenvalue weighted by molar-refractivity contribution is -0.133. The van der Waals surface area contributed by atoms with Crippen molar-refractivity contribution >= 4 is 27.9 Å². The lowest BCUT2D eigenvalue weighted by Crippen LogP contribution is -2.47. The number of nitrogens with one attached hydrogen (secondary N) is 1. The lowest BCUT2D eigenvalue weighted by Gasteiger charge is -2.30. The standard InChI is InChI=1S/C15H18BrN3O3/c1-15(11-2-4-12(16)5-3-11)13(20)19(14(21)17-15)10-18-6-8-22-9-7-18/h2-5H,6-10H2,1H3,(H,17,21). The van der Waals surface area contributed by atoms with Gasteiger partial charge >= 0.3 is 6.03 Å². The molecule has 0 bridgehead atoms. The first-order valence-electron chi connectivity index (χ1n) is 7.21. The van der Waals surface area contributed by atoms with Crippen molar-refractivity contribution in [2.75, 3.05) is 33.0 Å². The second-order valence-corrected chi connectivity index (χ2v) is 6.58. The summed E-state index contributed by atoms with van der Waals surface area (Å²) in [5, 5.41) is 2.82. The summed E-state index contributed by atoms with van der Waals surface area (Å²) in [6.07, 6.45) is 0. The van der Waals surface area contributed by atoms with Gasteiger partial charge < -0.3 is 10.1 Å². The maximum atomic E-state index is 12.8. The lowest BCUT2D eigenvalue weighted by atomic mass is 9.92. The molecule has 1 atom stereocenters. The minimum absolute atomic E-state index is 0.216. The molecule has 1 unspecified atom stereocenters. The summed E-state index contributed by atoms with van der Waals surface area (Å²) >= 11 is 3.38. The zero-order chi connectivity index (χ0) is 15.7. The first kappa shape index (κ1) is 15.5. The van der Waals surface area contributed by atoms with Crippen LogP contribution in [-0.4, -0.2) is 54.7 Å². The quantitative estimate of drug-likeness (QED) is 0.822. The number of benzene rings is 1. The molecule has 2 heterocycles. The van der Waals surface area contributed by atoms with Crippen molar-refractivity contribution in [3.05, 3.63) is 34.3 Å². The highest BCUT2D eigenvalue weighted by Crippen LogP contribution is 2.29. The number of hydrogen-bond donors (Lipinski definition) is 1. The number of imide groups is 1. The van der Waals surface area contributed by atoms with Crippen molar-refractivity contribution in [3.8, 4) is 0 Å². The predicted octanol–water partition coefficient (Wildman–Crippen LogP) is 1.51. The number of halogens is 1. The van der Waals surface area contributed by atoms with E-state index in [0.29, 0.717) is 19.9 Å². The van der Waals surface area contributed by atoms with E-state index in [1.54, 1.807) is 6.92 Å². The molecule has 3 rings (SSSR count). The van der Waals surface area contributed by atoms with Gasteiger partial charge in [0.2, 0.25) is 0 Å². The first-order valence-corrected chi connectivity index (χ1v) is 8.00. The van der Waals surface area contributed by atoms with E-state index in [1.807, 2.05) is 29.2 Å². The molecule has 0 aliphatic carbocycles. The molecular weight excluding hydrogens is 350 g/mol.